The maximum absolute atomic E-state index is 5.48. The van der Waals surface area contributed by atoms with Gasteiger partial charge < -0.3 is 9.47 Å². The van der Waals surface area contributed by atoms with Crippen LogP contribution in [-0.4, -0.2) is 13.2 Å². The summed E-state index contributed by atoms with van der Waals surface area (Å²) in [6.45, 7) is 6.94. The molecule has 0 aliphatic rings. The Kier molecular flexibility index (Phi) is 4.62. The van der Waals surface area contributed by atoms with Crippen LogP contribution in [0.1, 0.15) is 13.3 Å². The Morgan fingerprint density at radius 3 is 2.64 bits per heavy atom. The monoisotopic (exact) mass is 192 g/mol. The molecule has 14 heavy (non-hydrogen) atoms. The summed E-state index contributed by atoms with van der Waals surface area (Å²) in [5, 5.41) is 0. The second-order valence-electron chi connectivity index (χ2n) is 2.83. The van der Waals surface area contributed by atoms with E-state index in [2.05, 4.69) is 6.58 Å². The van der Waals surface area contributed by atoms with E-state index in [9.17, 15) is 0 Å². The van der Waals surface area contributed by atoms with Gasteiger partial charge in [0.1, 0.15) is 11.5 Å². The standard InChI is InChI=1S/C12H16O2/c1-3-5-9-14-12-8-6-7-11(10-12)13-4-2/h3,6-8,10H,1,4-5,9H2,2H3. The van der Waals surface area contributed by atoms with E-state index in [1.807, 2.05) is 37.3 Å². The number of rotatable bonds is 6. The van der Waals surface area contributed by atoms with Crippen LogP contribution in [0.5, 0.6) is 11.5 Å². The summed E-state index contributed by atoms with van der Waals surface area (Å²) in [5.41, 5.74) is 0. The zero-order valence-electron chi connectivity index (χ0n) is 8.53. The van der Waals surface area contributed by atoms with Gasteiger partial charge in [-0.05, 0) is 25.5 Å². The van der Waals surface area contributed by atoms with Crippen LogP contribution in [0.15, 0.2) is 36.9 Å². The maximum Gasteiger partial charge on any atom is 0.122 e. The van der Waals surface area contributed by atoms with Gasteiger partial charge in [0.05, 0.1) is 13.2 Å². The summed E-state index contributed by atoms with van der Waals surface area (Å²) in [4.78, 5) is 0. The van der Waals surface area contributed by atoms with Gasteiger partial charge in [-0.3, -0.25) is 0 Å². The van der Waals surface area contributed by atoms with Gasteiger partial charge >= 0.3 is 0 Å². The van der Waals surface area contributed by atoms with Gasteiger partial charge in [-0.1, -0.05) is 12.1 Å². The van der Waals surface area contributed by atoms with Crippen LogP contribution in [0.25, 0.3) is 0 Å². The van der Waals surface area contributed by atoms with Gasteiger partial charge in [-0.25, -0.2) is 0 Å². The fraction of sp³-hybridized carbons (Fsp3) is 0.333. The lowest BCUT2D eigenvalue weighted by Crippen LogP contribution is -1.96. The van der Waals surface area contributed by atoms with Gasteiger partial charge in [0, 0.05) is 6.07 Å². The summed E-state index contributed by atoms with van der Waals surface area (Å²) in [7, 11) is 0. The van der Waals surface area contributed by atoms with Gasteiger partial charge in [-0.2, -0.15) is 0 Å². The van der Waals surface area contributed by atoms with E-state index in [0.717, 1.165) is 17.9 Å². The molecule has 0 radical (unpaired) electrons. The lowest BCUT2D eigenvalue weighted by atomic mass is 10.3. The Hall–Kier alpha value is -1.44. The Bertz CT molecular complexity index is 281. The minimum atomic E-state index is 0.666. The molecule has 0 atom stereocenters. The van der Waals surface area contributed by atoms with Crippen molar-refractivity contribution in [2.75, 3.05) is 13.2 Å². The minimum absolute atomic E-state index is 0.666. The first-order chi connectivity index (χ1) is 6.86. The topological polar surface area (TPSA) is 18.5 Å². The molecule has 1 aromatic carbocycles. The van der Waals surface area contributed by atoms with Crippen LogP contribution in [0.4, 0.5) is 0 Å². The van der Waals surface area contributed by atoms with E-state index in [0.29, 0.717) is 13.2 Å². The molecular weight excluding hydrogens is 176 g/mol. The second kappa shape index (κ2) is 6.08. The van der Waals surface area contributed by atoms with Crippen LogP contribution >= 0.6 is 0 Å². The van der Waals surface area contributed by atoms with E-state index in [-0.39, 0.29) is 0 Å². The van der Waals surface area contributed by atoms with Gasteiger partial charge in [0.25, 0.3) is 0 Å². The van der Waals surface area contributed by atoms with Gasteiger partial charge in [-0.15, -0.1) is 6.58 Å². The molecule has 0 fully saturated rings. The SMILES string of the molecule is C=CCCOc1cccc(OCC)c1. The van der Waals surface area contributed by atoms with E-state index < -0.39 is 0 Å². The van der Waals surface area contributed by atoms with Crippen molar-refractivity contribution in [1.82, 2.24) is 0 Å². The zero-order chi connectivity index (χ0) is 10.2. The van der Waals surface area contributed by atoms with Crippen molar-refractivity contribution < 1.29 is 9.47 Å². The lowest BCUT2D eigenvalue weighted by molar-refractivity contribution is 0.314. The minimum Gasteiger partial charge on any atom is -0.494 e. The highest BCUT2D eigenvalue weighted by molar-refractivity contribution is 5.32. The molecule has 0 saturated carbocycles. The van der Waals surface area contributed by atoms with Crippen molar-refractivity contribution in [3.8, 4) is 11.5 Å². The molecule has 2 heteroatoms. The average Bonchev–Trinajstić information content (AvgIpc) is 2.19. The Balaban J connectivity index is 2.50. The molecule has 1 aromatic rings. The van der Waals surface area contributed by atoms with Crippen molar-refractivity contribution in [1.29, 1.82) is 0 Å². The summed E-state index contributed by atoms with van der Waals surface area (Å²) >= 11 is 0. The van der Waals surface area contributed by atoms with Crippen LogP contribution in [0.2, 0.25) is 0 Å². The molecule has 0 saturated heterocycles. The third-order valence-electron chi connectivity index (χ3n) is 1.71. The first-order valence-corrected chi connectivity index (χ1v) is 4.83. The zero-order valence-corrected chi connectivity index (χ0v) is 8.53. The molecule has 0 aliphatic heterocycles. The third kappa shape index (κ3) is 3.52. The molecule has 1 rings (SSSR count). The summed E-state index contributed by atoms with van der Waals surface area (Å²) < 4.78 is 10.8. The second-order valence-corrected chi connectivity index (χ2v) is 2.83. The molecular formula is C12H16O2. The van der Waals surface area contributed by atoms with Crippen LogP contribution in [-0.2, 0) is 0 Å². The van der Waals surface area contributed by atoms with Gasteiger partial charge in [0.2, 0.25) is 0 Å². The smallest absolute Gasteiger partial charge is 0.122 e. The molecule has 0 N–H and O–H groups in total. The summed E-state index contributed by atoms with van der Waals surface area (Å²) in [6.07, 6.45) is 2.70. The van der Waals surface area contributed by atoms with E-state index in [1.165, 1.54) is 0 Å². The number of ether oxygens (including phenoxy) is 2. The van der Waals surface area contributed by atoms with Crippen LogP contribution in [0, 0.1) is 0 Å². The highest BCUT2D eigenvalue weighted by atomic mass is 16.5. The molecule has 0 unspecified atom stereocenters. The van der Waals surface area contributed by atoms with Crippen molar-refractivity contribution in [3.63, 3.8) is 0 Å². The summed E-state index contributed by atoms with van der Waals surface area (Å²) in [5.74, 6) is 1.70. The van der Waals surface area contributed by atoms with Crippen molar-refractivity contribution in [2.45, 2.75) is 13.3 Å². The number of benzene rings is 1. The Morgan fingerprint density at radius 1 is 1.29 bits per heavy atom. The molecule has 0 bridgehead atoms. The highest BCUT2D eigenvalue weighted by Crippen LogP contribution is 2.19. The van der Waals surface area contributed by atoms with E-state index >= 15 is 0 Å². The average molecular weight is 192 g/mol. The molecule has 0 amide bonds. The highest BCUT2D eigenvalue weighted by Gasteiger charge is 1.95. The lowest BCUT2D eigenvalue weighted by Gasteiger charge is -2.07. The first kappa shape index (κ1) is 10.6. The number of hydrogen-bond acceptors (Lipinski definition) is 2. The Labute approximate surface area is 85.2 Å². The molecule has 0 aromatic heterocycles. The Morgan fingerprint density at radius 2 is 2.00 bits per heavy atom. The fourth-order valence-electron chi connectivity index (χ4n) is 1.08. The molecule has 0 aliphatic carbocycles. The van der Waals surface area contributed by atoms with Crippen molar-refractivity contribution in [2.24, 2.45) is 0 Å². The third-order valence-corrected chi connectivity index (χ3v) is 1.71. The largest absolute Gasteiger partial charge is 0.494 e. The van der Waals surface area contributed by atoms with E-state index in [4.69, 9.17) is 9.47 Å². The number of hydrogen-bond donors (Lipinski definition) is 0. The quantitative estimate of drug-likeness (QED) is 0.509. The van der Waals surface area contributed by atoms with Crippen molar-refractivity contribution in [3.05, 3.63) is 36.9 Å². The van der Waals surface area contributed by atoms with Crippen LogP contribution in [0.3, 0.4) is 0 Å². The predicted octanol–water partition coefficient (Wildman–Crippen LogP) is 3.04. The predicted molar refractivity (Wildman–Crippen MR) is 57.9 cm³/mol. The molecule has 0 spiro atoms. The van der Waals surface area contributed by atoms with E-state index in [1.54, 1.807) is 0 Å². The summed E-state index contributed by atoms with van der Waals surface area (Å²) in [6, 6.07) is 7.66. The maximum atomic E-state index is 5.48. The van der Waals surface area contributed by atoms with Gasteiger partial charge in [0.15, 0.2) is 0 Å². The normalized spacial score (nSPS) is 9.50. The molecule has 2 nitrogen and oxygen atoms in total. The molecule has 76 valence electrons. The first-order valence-electron chi connectivity index (χ1n) is 4.83. The fourth-order valence-corrected chi connectivity index (χ4v) is 1.08. The molecule has 0 heterocycles. The van der Waals surface area contributed by atoms with Crippen LogP contribution < -0.4 is 9.47 Å². The van der Waals surface area contributed by atoms with Crippen molar-refractivity contribution >= 4 is 0 Å².